The van der Waals surface area contributed by atoms with E-state index >= 15 is 0 Å². The fourth-order valence-electron chi connectivity index (χ4n) is 2.04. The highest BCUT2D eigenvalue weighted by Crippen LogP contribution is 2.30. The summed E-state index contributed by atoms with van der Waals surface area (Å²) in [4.78, 5) is 13.1. The van der Waals surface area contributed by atoms with Crippen LogP contribution >= 0.6 is 0 Å². The van der Waals surface area contributed by atoms with E-state index in [1.54, 1.807) is 30.0 Å². The first-order chi connectivity index (χ1) is 8.43. The standard InChI is InChI=1S/C12H16N2O3S/c1-3-18(16,17)13-11-4-5-12-10(8-11)6-7-14(12)9(2)15/h4-5,8,13H,3,6-7H2,1-2H3. The highest BCUT2D eigenvalue weighted by atomic mass is 32.2. The second kappa shape index (κ2) is 4.61. The van der Waals surface area contributed by atoms with Gasteiger partial charge >= 0.3 is 0 Å². The molecule has 0 unspecified atom stereocenters. The quantitative estimate of drug-likeness (QED) is 0.900. The molecule has 6 heteroatoms. The van der Waals surface area contributed by atoms with Crippen molar-refractivity contribution in [2.45, 2.75) is 20.3 Å². The molecule has 1 N–H and O–H groups in total. The van der Waals surface area contributed by atoms with Crippen molar-refractivity contribution in [1.29, 1.82) is 0 Å². The summed E-state index contributed by atoms with van der Waals surface area (Å²) >= 11 is 0. The molecule has 2 rings (SSSR count). The predicted octanol–water partition coefficient (Wildman–Crippen LogP) is 1.36. The molecule has 0 radical (unpaired) electrons. The van der Waals surface area contributed by atoms with Gasteiger partial charge in [-0.3, -0.25) is 9.52 Å². The average molecular weight is 268 g/mol. The zero-order valence-corrected chi connectivity index (χ0v) is 11.3. The van der Waals surface area contributed by atoms with Crippen LogP contribution in [0.25, 0.3) is 0 Å². The number of nitrogens with one attached hydrogen (secondary N) is 1. The maximum Gasteiger partial charge on any atom is 0.232 e. The Morgan fingerprint density at radius 1 is 1.44 bits per heavy atom. The van der Waals surface area contributed by atoms with Crippen LogP contribution in [0.15, 0.2) is 18.2 Å². The smallest absolute Gasteiger partial charge is 0.232 e. The van der Waals surface area contributed by atoms with Gasteiger partial charge in [-0.2, -0.15) is 0 Å². The van der Waals surface area contributed by atoms with Gasteiger partial charge in [-0.05, 0) is 37.1 Å². The first-order valence-electron chi connectivity index (χ1n) is 5.84. The number of benzene rings is 1. The number of anilines is 2. The number of amides is 1. The first-order valence-corrected chi connectivity index (χ1v) is 7.49. The van der Waals surface area contributed by atoms with Crippen molar-refractivity contribution in [2.75, 3.05) is 21.9 Å². The molecule has 1 amide bonds. The number of hydrogen-bond donors (Lipinski definition) is 1. The lowest BCUT2D eigenvalue weighted by Crippen LogP contribution is -2.25. The van der Waals surface area contributed by atoms with Gasteiger partial charge in [-0.25, -0.2) is 8.42 Å². The van der Waals surface area contributed by atoms with E-state index in [9.17, 15) is 13.2 Å². The molecule has 1 aliphatic rings. The lowest BCUT2D eigenvalue weighted by Gasteiger charge is -2.15. The van der Waals surface area contributed by atoms with Gasteiger partial charge in [0.15, 0.2) is 0 Å². The summed E-state index contributed by atoms with van der Waals surface area (Å²) in [6.07, 6.45) is 0.761. The third-order valence-corrected chi connectivity index (χ3v) is 4.32. The zero-order valence-electron chi connectivity index (χ0n) is 10.4. The molecule has 0 spiro atoms. The number of carbonyl (C=O) groups is 1. The van der Waals surface area contributed by atoms with Crippen molar-refractivity contribution in [2.24, 2.45) is 0 Å². The van der Waals surface area contributed by atoms with Gasteiger partial charge in [0.25, 0.3) is 0 Å². The van der Waals surface area contributed by atoms with E-state index in [2.05, 4.69) is 4.72 Å². The second-order valence-electron chi connectivity index (χ2n) is 4.27. The van der Waals surface area contributed by atoms with Gasteiger partial charge in [0, 0.05) is 24.8 Å². The fraction of sp³-hybridized carbons (Fsp3) is 0.417. The van der Waals surface area contributed by atoms with E-state index in [-0.39, 0.29) is 11.7 Å². The van der Waals surface area contributed by atoms with Crippen molar-refractivity contribution >= 4 is 27.3 Å². The SMILES string of the molecule is CCS(=O)(=O)Nc1ccc2c(c1)CCN2C(C)=O. The minimum absolute atomic E-state index is 0.00985. The van der Waals surface area contributed by atoms with Crippen LogP contribution in [-0.2, 0) is 21.2 Å². The molecule has 0 bridgehead atoms. The monoisotopic (exact) mass is 268 g/mol. The van der Waals surface area contributed by atoms with Gasteiger partial charge in [-0.1, -0.05) is 0 Å². The Bertz CT molecular complexity index is 581. The Morgan fingerprint density at radius 3 is 2.78 bits per heavy atom. The van der Waals surface area contributed by atoms with Crippen LogP contribution in [-0.4, -0.2) is 26.6 Å². The van der Waals surface area contributed by atoms with Gasteiger partial charge in [0.2, 0.25) is 15.9 Å². The molecule has 1 aromatic carbocycles. The molecule has 0 saturated heterocycles. The van der Waals surface area contributed by atoms with Crippen molar-refractivity contribution in [3.8, 4) is 0 Å². The number of rotatable bonds is 3. The molecule has 5 nitrogen and oxygen atoms in total. The van der Waals surface area contributed by atoms with Crippen LogP contribution < -0.4 is 9.62 Å². The number of carbonyl (C=O) groups excluding carboxylic acids is 1. The summed E-state index contributed by atoms with van der Waals surface area (Å²) in [6.45, 7) is 3.78. The van der Waals surface area contributed by atoms with Gasteiger partial charge < -0.3 is 4.90 Å². The van der Waals surface area contributed by atoms with Crippen LogP contribution in [0.2, 0.25) is 0 Å². The lowest BCUT2D eigenvalue weighted by atomic mass is 10.1. The Balaban J connectivity index is 2.28. The van der Waals surface area contributed by atoms with Crippen LogP contribution in [0, 0.1) is 0 Å². The Kier molecular flexibility index (Phi) is 3.30. The van der Waals surface area contributed by atoms with Crippen LogP contribution in [0.4, 0.5) is 11.4 Å². The first kappa shape index (κ1) is 12.9. The van der Waals surface area contributed by atoms with E-state index in [1.807, 2.05) is 0 Å². The molecule has 18 heavy (non-hydrogen) atoms. The molecule has 0 fully saturated rings. The molecule has 0 atom stereocenters. The Labute approximate surface area is 107 Å². The zero-order chi connectivity index (χ0) is 13.3. The van der Waals surface area contributed by atoms with Crippen molar-refractivity contribution < 1.29 is 13.2 Å². The molecular weight excluding hydrogens is 252 g/mol. The summed E-state index contributed by atoms with van der Waals surface area (Å²) in [5.41, 5.74) is 2.43. The van der Waals surface area contributed by atoms with Crippen LogP contribution in [0.5, 0.6) is 0 Å². The van der Waals surface area contributed by atoms with E-state index < -0.39 is 10.0 Å². The maximum atomic E-state index is 11.5. The van der Waals surface area contributed by atoms with Gasteiger partial charge in [-0.15, -0.1) is 0 Å². The number of nitrogens with zero attached hydrogens (tertiary/aromatic N) is 1. The number of fused-ring (bicyclic) bond motifs is 1. The normalized spacial score (nSPS) is 14.4. The van der Waals surface area contributed by atoms with Crippen molar-refractivity contribution in [3.05, 3.63) is 23.8 Å². The molecule has 0 aromatic heterocycles. The fourth-order valence-corrected chi connectivity index (χ4v) is 2.67. The molecule has 0 aliphatic carbocycles. The van der Waals surface area contributed by atoms with Gasteiger partial charge in [0.05, 0.1) is 5.75 Å². The molecule has 1 aliphatic heterocycles. The predicted molar refractivity (Wildman–Crippen MR) is 71.3 cm³/mol. The summed E-state index contributed by atoms with van der Waals surface area (Å²) < 4.78 is 25.4. The maximum absolute atomic E-state index is 11.5. The lowest BCUT2D eigenvalue weighted by molar-refractivity contribution is -0.116. The molecule has 1 aromatic rings. The topological polar surface area (TPSA) is 66.5 Å². The number of sulfonamides is 1. The van der Waals surface area contributed by atoms with Crippen LogP contribution in [0.1, 0.15) is 19.4 Å². The van der Waals surface area contributed by atoms with Gasteiger partial charge in [0.1, 0.15) is 0 Å². The van der Waals surface area contributed by atoms with E-state index in [1.165, 1.54) is 6.92 Å². The molecular formula is C12H16N2O3S. The second-order valence-corrected chi connectivity index (χ2v) is 6.28. The summed E-state index contributed by atoms with van der Waals surface area (Å²) in [5.74, 6) is 0.0551. The highest BCUT2D eigenvalue weighted by molar-refractivity contribution is 7.92. The number of hydrogen-bond acceptors (Lipinski definition) is 3. The largest absolute Gasteiger partial charge is 0.312 e. The minimum atomic E-state index is -3.25. The van der Waals surface area contributed by atoms with Crippen molar-refractivity contribution in [1.82, 2.24) is 0 Å². The third-order valence-electron chi connectivity index (χ3n) is 3.01. The Morgan fingerprint density at radius 2 is 2.17 bits per heavy atom. The van der Waals surface area contributed by atoms with E-state index in [0.29, 0.717) is 12.2 Å². The third kappa shape index (κ3) is 2.48. The highest BCUT2D eigenvalue weighted by Gasteiger charge is 2.22. The molecule has 0 saturated carbocycles. The van der Waals surface area contributed by atoms with E-state index in [4.69, 9.17) is 0 Å². The molecule has 98 valence electrons. The minimum Gasteiger partial charge on any atom is -0.312 e. The summed E-state index contributed by atoms with van der Waals surface area (Å²) in [7, 11) is -3.25. The van der Waals surface area contributed by atoms with E-state index in [0.717, 1.165) is 17.7 Å². The Hall–Kier alpha value is -1.56. The van der Waals surface area contributed by atoms with Crippen LogP contribution in [0.3, 0.4) is 0 Å². The molecule has 1 heterocycles. The summed E-state index contributed by atoms with van der Waals surface area (Å²) in [6, 6.07) is 5.27. The average Bonchev–Trinajstić information content (AvgIpc) is 2.71. The summed E-state index contributed by atoms with van der Waals surface area (Å²) in [5, 5.41) is 0. The van der Waals surface area contributed by atoms with Crippen molar-refractivity contribution in [3.63, 3.8) is 0 Å².